The first-order valence-corrected chi connectivity index (χ1v) is 11.7. The fraction of sp³-hybridized carbons (Fsp3) is 0.357. The van der Waals surface area contributed by atoms with Crippen molar-refractivity contribution in [2.45, 2.75) is 31.1 Å². The molecule has 2 atom stereocenters. The molecule has 3 aromatic rings. The highest BCUT2D eigenvalue weighted by atomic mass is 16.5. The monoisotopic (exact) mass is 429 g/mol. The Morgan fingerprint density at radius 3 is 2.47 bits per heavy atom. The molecule has 32 heavy (non-hydrogen) atoms. The average Bonchev–Trinajstić information content (AvgIpc) is 3.36. The second-order valence-corrected chi connectivity index (χ2v) is 8.85. The van der Waals surface area contributed by atoms with Gasteiger partial charge in [-0.15, -0.1) is 0 Å². The van der Waals surface area contributed by atoms with E-state index in [1.165, 1.54) is 37.1 Å². The molecule has 0 spiro atoms. The van der Waals surface area contributed by atoms with Gasteiger partial charge in [-0.05, 0) is 61.7 Å². The van der Waals surface area contributed by atoms with Crippen LogP contribution in [0.25, 0.3) is 0 Å². The number of aromatic hydroxyl groups is 1. The van der Waals surface area contributed by atoms with E-state index >= 15 is 0 Å². The fourth-order valence-electron chi connectivity index (χ4n) is 5.05. The number of fused-ring (bicyclic) bond motifs is 1. The molecule has 1 N–H and O–H groups in total. The molecule has 0 aliphatic carbocycles. The van der Waals surface area contributed by atoms with E-state index in [0.717, 1.165) is 36.6 Å². The Hall–Kier alpha value is -2.98. The van der Waals surface area contributed by atoms with Gasteiger partial charge in [0.05, 0.1) is 13.2 Å². The van der Waals surface area contributed by atoms with Crippen LogP contribution >= 0.6 is 0 Å². The Labute approximate surface area is 190 Å². The molecule has 2 heterocycles. The molecular formula is C28H31NO3. The third-order valence-corrected chi connectivity index (χ3v) is 6.71. The van der Waals surface area contributed by atoms with Crippen LogP contribution in [0.3, 0.4) is 0 Å². The summed E-state index contributed by atoms with van der Waals surface area (Å²) in [6.07, 6.45) is 3.73. The SMILES string of the molecule is Oc1ccc2c(c1)OC[C@H](c1ccccc1)[C@@H]2c1ccc(OCCCN2CCCC2)cc1. The second kappa shape index (κ2) is 9.66. The third-order valence-electron chi connectivity index (χ3n) is 6.71. The van der Waals surface area contributed by atoms with E-state index in [1.54, 1.807) is 12.1 Å². The number of ether oxygens (including phenoxy) is 2. The van der Waals surface area contributed by atoms with Crippen molar-refractivity contribution in [3.63, 3.8) is 0 Å². The Bertz CT molecular complexity index is 1010. The van der Waals surface area contributed by atoms with Crippen molar-refractivity contribution in [2.24, 2.45) is 0 Å². The normalized spacial score (nSPS) is 20.5. The van der Waals surface area contributed by atoms with Crippen LogP contribution in [-0.4, -0.2) is 42.9 Å². The number of likely N-dealkylation sites (tertiary alicyclic amines) is 1. The van der Waals surface area contributed by atoms with Gasteiger partial charge in [0, 0.05) is 30.0 Å². The van der Waals surface area contributed by atoms with Gasteiger partial charge >= 0.3 is 0 Å². The minimum atomic E-state index is 0.158. The first-order valence-electron chi connectivity index (χ1n) is 11.7. The maximum atomic E-state index is 9.94. The summed E-state index contributed by atoms with van der Waals surface area (Å²) in [5.74, 6) is 2.29. The highest BCUT2D eigenvalue weighted by Crippen LogP contribution is 2.47. The van der Waals surface area contributed by atoms with Crippen molar-refractivity contribution in [2.75, 3.05) is 32.8 Å². The molecule has 4 heteroatoms. The quantitative estimate of drug-likeness (QED) is 0.499. The number of rotatable bonds is 7. The first-order chi connectivity index (χ1) is 15.8. The highest BCUT2D eigenvalue weighted by Gasteiger charge is 2.33. The molecule has 2 aliphatic heterocycles. The molecule has 0 radical (unpaired) electrons. The van der Waals surface area contributed by atoms with E-state index in [-0.39, 0.29) is 17.6 Å². The van der Waals surface area contributed by atoms with Gasteiger partial charge in [0.25, 0.3) is 0 Å². The minimum absolute atomic E-state index is 0.158. The van der Waals surface area contributed by atoms with E-state index in [9.17, 15) is 5.11 Å². The van der Waals surface area contributed by atoms with Gasteiger partial charge in [-0.1, -0.05) is 48.5 Å². The minimum Gasteiger partial charge on any atom is -0.508 e. The highest BCUT2D eigenvalue weighted by molar-refractivity contribution is 5.50. The molecule has 5 rings (SSSR count). The van der Waals surface area contributed by atoms with Gasteiger partial charge in [-0.3, -0.25) is 0 Å². The van der Waals surface area contributed by atoms with Crippen molar-refractivity contribution >= 4 is 0 Å². The molecule has 0 aromatic heterocycles. The lowest BCUT2D eigenvalue weighted by Gasteiger charge is -2.34. The van der Waals surface area contributed by atoms with E-state index in [2.05, 4.69) is 53.4 Å². The molecule has 0 saturated carbocycles. The van der Waals surface area contributed by atoms with Gasteiger partial charge in [0.2, 0.25) is 0 Å². The maximum Gasteiger partial charge on any atom is 0.126 e. The van der Waals surface area contributed by atoms with Crippen LogP contribution in [-0.2, 0) is 0 Å². The van der Waals surface area contributed by atoms with Crippen LogP contribution in [0.1, 0.15) is 47.8 Å². The van der Waals surface area contributed by atoms with Crippen LogP contribution in [0.2, 0.25) is 0 Å². The number of phenols is 1. The van der Waals surface area contributed by atoms with Crippen molar-refractivity contribution in [1.29, 1.82) is 0 Å². The Balaban J connectivity index is 1.33. The van der Waals surface area contributed by atoms with Gasteiger partial charge in [0.15, 0.2) is 0 Å². The van der Waals surface area contributed by atoms with Crippen LogP contribution < -0.4 is 9.47 Å². The predicted octanol–water partition coefficient (Wildman–Crippen LogP) is 5.57. The average molecular weight is 430 g/mol. The molecule has 1 saturated heterocycles. The third kappa shape index (κ3) is 4.61. The number of hydrogen-bond donors (Lipinski definition) is 1. The largest absolute Gasteiger partial charge is 0.508 e. The van der Waals surface area contributed by atoms with Gasteiger partial charge in [-0.2, -0.15) is 0 Å². The van der Waals surface area contributed by atoms with Crippen LogP contribution in [0.5, 0.6) is 17.2 Å². The number of hydrogen-bond acceptors (Lipinski definition) is 4. The predicted molar refractivity (Wildman–Crippen MR) is 127 cm³/mol. The molecule has 2 aliphatic rings. The first kappa shape index (κ1) is 20.9. The summed E-state index contributed by atoms with van der Waals surface area (Å²) in [7, 11) is 0. The summed E-state index contributed by atoms with van der Waals surface area (Å²) in [6, 6.07) is 24.5. The van der Waals surface area contributed by atoms with Crippen LogP contribution in [0.4, 0.5) is 0 Å². The molecule has 166 valence electrons. The summed E-state index contributed by atoms with van der Waals surface area (Å²) in [5.41, 5.74) is 3.61. The fourth-order valence-corrected chi connectivity index (χ4v) is 5.05. The zero-order valence-electron chi connectivity index (χ0n) is 18.5. The topological polar surface area (TPSA) is 41.9 Å². The Morgan fingerprint density at radius 1 is 0.906 bits per heavy atom. The summed E-state index contributed by atoms with van der Waals surface area (Å²) in [5, 5.41) is 9.94. The van der Waals surface area contributed by atoms with E-state index in [0.29, 0.717) is 6.61 Å². The van der Waals surface area contributed by atoms with Crippen molar-refractivity contribution in [3.05, 3.63) is 89.5 Å². The molecule has 3 aromatic carbocycles. The summed E-state index contributed by atoms with van der Waals surface area (Å²) >= 11 is 0. The van der Waals surface area contributed by atoms with Crippen LogP contribution in [0, 0.1) is 0 Å². The molecule has 0 bridgehead atoms. The molecule has 0 unspecified atom stereocenters. The zero-order chi connectivity index (χ0) is 21.8. The number of benzene rings is 3. The van der Waals surface area contributed by atoms with Crippen LogP contribution in [0.15, 0.2) is 72.8 Å². The van der Waals surface area contributed by atoms with Gasteiger partial charge in [0.1, 0.15) is 17.2 Å². The van der Waals surface area contributed by atoms with E-state index in [1.807, 2.05) is 12.1 Å². The standard InChI is InChI=1S/C28H31NO3/c30-23-11-14-25-27(19-23)32-20-26(21-7-2-1-3-8-21)28(25)22-9-12-24(13-10-22)31-18-6-17-29-15-4-5-16-29/h1-3,7-14,19,26,28,30H,4-6,15-18,20H2/t26-,28-/m1/s1. The van der Waals surface area contributed by atoms with E-state index < -0.39 is 0 Å². The molecule has 4 nitrogen and oxygen atoms in total. The summed E-state index contributed by atoms with van der Waals surface area (Å²) < 4.78 is 12.1. The number of phenolic OH excluding ortho intramolecular Hbond substituents is 1. The molecular weight excluding hydrogens is 398 g/mol. The van der Waals surface area contributed by atoms with Gasteiger partial charge < -0.3 is 19.5 Å². The summed E-state index contributed by atoms with van der Waals surface area (Å²) in [6.45, 7) is 4.94. The van der Waals surface area contributed by atoms with Gasteiger partial charge in [-0.25, -0.2) is 0 Å². The Kier molecular flexibility index (Phi) is 6.31. The lowest BCUT2D eigenvalue weighted by Crippen LogP contribution is -2.25. The van der Waals surface area contributed by atoms with E-state index in [4.69, 9.17) is 9.47 Å². The number of nitrogens with zero attached hydrogens (tertiary/aromatic N) is 1. The van der Waals surface area contributed by atoms with Crippen molar-refractivity contribution < 1.29 is 14.6 Å². The zero-order valence-corrected chi connectivity index (χ0v) is 18.5. The maximum absolute atomic E-state index is 9.94. The van der Waals surface area contributed by atoms with Crippen molar-refractivity contribution in [1.82, 2.24) is 4.90 Å². The molecule has 0 amide bonds. The summed E-state index contributed by atoms with van der Waals surface area (Å²) in [4.78, 5) is 2.52. The second-order valence-electron chi connectivity index (χ2n) is 8.85. The smallest absolute Gasteiger partial charge is 0.126 e. The van der Waals surface area contributed by atoms with Crippen molar-refractivity contribution in [3.8, 4) is 17.2 Å². The lowest BCUT2D eigenvalue weighted by molar-refractivity contribution is 0.247. The lowest BCUT2D eigenvalue weighted by atomic mass is 9.76. The Morgan fingerprint density at radius 2 is 1.69 bits per heavy atom. The molecule has 1 fully saturated rings.